The summed E-state index contributed by atoms with van der Waals surface area (Å²) in [6.45, 7) is 3.39. The fourth-order valence-corrected chi connectivity index (χ4v) is 2.24. The van der Waals surface area contributed by atoms with Crippen LogP contribution in [0.25, 0.3) is 0 Å². The van der Waals surface area contributed by atoms with Gasteiger partial charge in [0, 0.05) is 12.1 Å². The first-order chi connectivity index (χ1) is 8.66. The van der Waals surface area contributed by atoms with Crippen molar-refractivity contribution in [1.29, 1.82) is 0 Å². The van der Waals surface area contributed by atoms with E-state index in [1.54, 1.807) is 12.1 Å². The summed E-state index contributed by atoms with van der Waals surface area (Å²) in [5.74, 6) is -2.25. The molecule has 4 nitrogen and oxygen atoms in total. The lowest BCUT2D eigenvalue weighted by molar-refractivity contribution is -0.131. The van der Waals surface area contributed by atoms with Gasteiger partial charge in [0.1, 0.15) is 0 Å². The van der Waals surface area contributed by atoms with Crippen molar-refractivity contribution in [3.8, 4) is 0 Å². The first-order valence-electron chi connectivity index (χ1n) is 6.26. The maximum absolute atomic E-state index is 11.2. The second kappa shape index (κ2) is 5.78. The number of ketones is 1. The molecule has 18 heavy (non-hydrogen) atoms. The first kappa shape index (κ1) is 12.8. The maximum Gasteiger partial charge on any atom is 0.377 e. The Labute approximate surface area is 106 Å². The van der Waals surface area contributed by atoms with Crippen LogP contribution in [0.5, 0.6) is 0 Å². The fraction of sp³-hybridized carbons (Fsp3) is 0.429. The first-order valence-corrected chi connectivity index (χ1v) is 6.26. The molecule has 0 atom stereocenters. The van der Waals surface area contributed by atoms with Gasteiger partial charge >= 0.3 is 5.97 Å². The number of carbonyl (C=O) groups is 2. The Kier molecular flexibility index (Phi) is 4.10. The van der Waals surface area contributed by atoms with Crippen LogP contribution in [0.1, 0.15) is 28.8 Å². The summed E-state index contributed by atoms with van der Waals surface area (Å²) >= 11 is 0. The molecule has 1 saturated heterocycles. The van der Waals surface area contributed by atoms with E-state index in [-0.39, 0.29) is 5.56 Å². The summed E-state index contributed by atoms with van der Waals surface area (Å²) in [7, 11) is 0. The number of likely N-dealkylation sites (tertiary alicyclic amines) is 1. The zero-order chi connectivity index (χ0) is 13.0. The lowest BCUT2D eigenvalue weighted by atomic mass is 10.1. The summed E-state index contributed by atoms with van der Waals surface area (Å²) in [6.07, 6.45) is 3.51. The molecule has 0 bridgehead atoms. The predicted octanol–water partition coefficient (Wildman–Crippen LogP) is 1.59. The molecule has 0 amide bonds. The second-order valence-corrected chi connectivity index (χ2v) is 4.63. The van der Waals surface area contributed by atoms with E-state index in [1.807, 2.05) is 12.1 Å². The lowest BCUT2D eigenvalue weighted by Crippen LogP contribution is -2.21. The van der Waals surface area contributed by atoms with Crippen molar-refractivity contribution in [2.24, 2.45) is 0 Å². The van der Waals surface area contributed by atoms with Gasteiger partial charge in [-0.2, -0.15) is 0 Å². The van der Waals surface area contributed by atoms with Crippen molar-refractivity contribution < 1.29 is 14.7 Å². The number of carbonyl (C=O) groups excluding carboxylic acids is 1. The minimum absolute atomic E-state index is 0.243. The van der Waals surface area contributed by atoms with Crippen LogP contribution in [-0.2, 0) is 11.2 Å². The third kappa shape index (κ3) is 3.17. The molecular formula is C14H17NO3. The van der Waals surface area contributed by atoms with Crippen LogP contribution in [-0.4, -0.2) is 41.4 Å². The predicted molar refractivity (Wildman–Crippen MR) is 67.8 cm³/mol. The molecule has 1 aliphatic rings. The normalized spacial score (nSPS) is 15.8. The van der Waals surface area contributed by atoms with Gasteiger partial charge in [-0.15, -0.1) is 0 Å². The Morgan fingerprint density at radius 3 is 2.28 bits per heavy atom. The van der Waals surface area contributed by atoms with E-state index in [2.05, 4.69) is 4.90 Å². The molecule has 0 aliphatic carbocycles. The van der Waals surface area contributed by atoms with E-state index in [0.717, 1.165) is 18.5 Å². The SMILES string of the molecule is O=C(O)C(=O)c1ccc(CCN2CCCC2)cc1. The Hall–Kier alpha value is -1.68. The molecular weight excluding hydrogens is 230 g/mol. The smallest absolute Gasteiger partial charge is 0.377 e. The van der Waals surface area contributed by atoms with Crippen molar-refractivity contribution in [3.05, 3.63) is 35.4 Å². The minimum Gasteiger partial charge on any atom is -0.475 e. The highest BCUT2D eigenvalue weighted by Gasteiger charge is 2.14. The summed E-state index contributed by atoms with van der Waals surface area (Å²) < 4.78 is 0. The summed E-state index contributed by atoms with van der Waals surface area (Å²) in [6, 6.07) is 6.87. The number of carboxylic acids is 1. The van der Waals surface area contributed by atoms with Gasteiger partial charge in [-0.05, 0) is 37.9 Å². The fourth-order valence-electron chi connectivity index (χ4n) is 2.24. The van der Waals surface area contributed by atoms with Crippen LogP contribution in [0.3, 0.4) is 0 Å². The highest BCUT2D eigenvalue weighted by Crippen LogP contribution is 2.10. The maximum atomic E-state index is 11.2. The van der Waals surface area contributed by atoms with Gasteiger partial charge in [-0.25, -0.2) is 4.79 Å². The molecule has 2 rings (SSSR count). The number of rotatable bonds is 5. The van der Waals surface area contributed by atoms with E-state index in [9.17, 15) is 9.59 Å². The number of hydrogen-bond donors (Lipinski definition) is 1. The van der Waals surface area contributed by atoms with Gasteiger partial charge in [0.2, 0.25) is 0 Å². The van der Waals surface area contributed by atoms with Gasteiger partial charge in [0.25, 0.3) is 5.78 Å². The highest BCUT2D eigenvalue weighted by atomic mass is 16.4. The van der Waals surface area contributed by atoms with Crippen molar-refractivity contribution in [2.45, 2.75) is 19.3 Å². The summed E-state index contributed by atoms with van der Waals surface area (Å²) in [5.41, 5.74) is 1.39. The van der Waals surface area contributed by atoms with E-state index >= 15 is 0 Å². The molecule has 1 aliphatic heterocycles. The van der Waals surface area contributed by atoms with Crippen LogP contribution in [0.4, 0.5) is 0 Å². The van der Waals surface area contributed by atoms with Crippen LogP contribution in [0.2, 0.25) is 0 Å². The largest absolute Gasteiger partial charge is 0.475 e. The Morgan fingerprint density at radius 2 is 1.72 bits per heavy atom. The molecule has 1 aromatic rings. The number of carboxylic acid groups (broad SMARTS) is 1. The zero-order valence-electron chi connectivity index (χ0n) is 10.3. The van der Waals surface area contributed by atoms with Gasteiger partial charge in [-0.3, -0.25) is 4.79 Å². The molecule has 4 heteroatoms. The number of nitrogens with zero attached hydrogens (tertiary/aromatic N) is 1. The average molecular weight is 247 g/mol. The van der Waals surface area contributed by atoms with Gasteiger partial charge in [-0.1, -0.05) is 24.3 Å². The van der Waals surface area contributed by atoms with Gasteiger partial charge < -0.3 is 10.0 Å². The lowest BCUT2D eigenvalue weighted by Gasteiger charge is -2.14. The number of benzene rings is 1. The van der Waals surface area contributed by atoms with E-state index < -0.39 is 11.8 Å². The van der Waals surface area contributed by atoms with Crippen LogP contribution >= 0.6 is 0 Å². The molecule has 0 aromatic heterocycles. The highest BCUT2D eigenvalue weighted by molar-refractivity contribution is 6.39. The summed E-state index contributed by atoms with van der Waals surface area (Å²) in [5, 5.41) is 8.60. The van der Waals surface area contributed by atoms with Gasteiger partial charge in [0.05, 0.1) is 0 Å². The standard InChI is InChI=1S/C14H17NO3/c16-13(14(17)18)12-5-3-11(4-6-12)7-10-15-8-1-2-9-15/h3-6H,1-2,7-10H2,(H,17,18). The molecule has 0 unspecified atom stereocenters. The van der Waals surface area contributed by atoms with E-state index in [0.29, 0.717) is 0 Å². The number of Topliss-reactive ketones (excluding diaryl/α,β-unsaturated/α-hetero) is 1. The Balaban J connectivity index is 1.90. The molecule has 1 aromatic carbocycles. The van der Waals surface area contributed by atoms with E-state index in [1.165, 1.54) is 25.9 Å². The topological polar surface area (TPSA) is 57.6 Å². The second-order valence-electron chi connectivity index (χ2n) is 4.63. The Bertz CT molecular complexity index is 433. The van der Waals surface area contributed by atoms with Crippen molar-refractivity contribution >= 4 is 11.8 Å². The monoisotopic (exact) mass is 247 g/mol. The van der Waals surface area contributed by atoms with Crippen molar-refractivity contribution in [2.75, 3.05) is 19.6 Å². The van der Waals surface area contributed by atoms with E-state index in [4.69, 9.17) is 5.11 Å². The average Bonchev–Trinajstić information content (AvgIpc) is 2.89. The molecule has 1 N–H and O–H groups in total. The quantitative estimate of drug-likeness (QED) is 0.634. The molecule has 96 valence electrons. The van der Waals surface area contributed by atoms with Crippen LogP contribution < -0.4 is 0 Å². The zero-order valence-corrected chi connectivity index (χ0v) is 10.3. The summed E-state index contributed by atoms with van der Waals surface area (Å²) in [4.78, 5) is 24.2. The number of hydrogen-bond acceptors (Lipinski definition) is 3. The third-order valence-electron chi connectivity index (χ3n) is 3.33. The van der Waals surface area contributed by atoms with Crippen molar-refractivity contribution in [1.82, 2.24) is 4.90 Å². The molecule has 1 fully saturated rings. The third-order valence-corrected chi connectivity index (χ3v) is 3.33. The Morgan fingerprint density at radius 1 is 1.11 bits per heavy atom. The van der Waals surface area contributed by atoms with Crippen molar-refractivity contribution in [3.63, 3.8) is 0 Å². The molecule has 0 saturated carbocycles. The molecule has 0 spiro atoms. The van der Waals surface area contributed by atoms with Crippen LogP contribution in [0, 0.1) is 0 Å². The molecule has 0 radical (unpaired) electrons. The van der Waals surface area contributed by atoms with Crippen LogP contribution in [0.15, 0.2) is 24.3 Å². The number of aliphatic carboxylic acids is 1. The molecule has 1 heterocycles. The van der Waals surface area contributed by atoms with Gasteiger partial charge in [0.15, 0.2) is 0 Å². The minimum atomic E-state index is -1.40.